The van der Waals surface area contributed by atoms with E-state index in [1.807, 2.05) is 25.1 Å². The average Bonchev–Trinajstić information content (AvgIpc) is 2.55. The molecule has 0 amide bonds. The molecule has 1 aromatic carbocycles. The monoisotopic (exact) mass is 463 g/mol. The fourth-order valence-corrected chi connectivity index (χ4v) is 3.90. The molecule has 1 aliphatic rings. The summed E-state index contributed by atoms with van der Waals surface area (Å²) in [5.41, 5.74) is 0. The first kappa shape index (κ1) is 19.7. The van der Waals surface area contributed by atoms with Gasteiger partial charge in [0, 0.05) is 11.0 Å². The summed E-state index contributed by atoms with van der Waals surface area (Å²) in [6, 6.07) is 5.65. The normalized spacial score (nSPS) is 17.5. The smallest absolute Gasteiger partial charge is 0.309 e. The van der Waals surface area contributed by atoms with Crippen molar-refractivity contribution < 1.29 is 19.4 Å². The van der Waals surface area contributed by atoms with E-state index in [1.54, 1.807) is 0 Å². The van der Waals surface area contributed by atoms with E-state index in [0.717, 1.165) is 34.9 Å². The summed E-state index contributed by atoms with van der Waals surface area (Å²) in [7, 11) is 0. The highest BCUT2D eigenvalue weighted by atomic mass is 79.9. The maximum absolute atomic E-state index is 11.7. The summed E-state index contributed by atoms with van der Waals surface area (Å²) in [4.78, 5) is 13.9. The quantitative estimate of drug-likeness (QED) is 0.627. The molecule has 0 aliphatic carbocycles. The highest BCUT2D eigenvalue weighted by Crippen LogP contribution is 2.28. The predicted molar refractivity (Wildman–Crippen MR) is 99.1 cm³/mol. The molecule has 0 unspecified atom stereocenters. The van der Waals surface area contributed by atoms with Crippen LogP contribution in [0.3, 0.4) is 0 Å². The highest BCUT2D eigenvalue weighted by molar-refractivity contribution is 9.11. The maximum atomic E-state index is 11.7. The number of ether oxygens (including phenoxy) is 2. The molecule has 5 nitrogen and oxygen atoms in total. The van der Waals surface area contributed by atoms with Gasteiger partial charge in [-0.25, -0.2) is 0 Å². The number of carbonyl (C=O) groups is 1. The molecule has 1 aliphatic heterocycles. The third-order valence-corrected chi connectivity index (χ3v) is 5.11. The van der Waals surface area contributed by atoms with Gasteiger partial charge in [-0.15, -0.1) is 0 Å². The van der Waals surface area contributed by atoms with Crippen molar-refractivity contribution in [1.82, 2.24) is 4.90 Å². The van der Waals surface area contributed by atoms with E-state index in [1.165, 1.54) is 0 Å². The van der Waals surface area contributed by atoms with Gasteiger partial charge in [0.15, 0.2) is 0 Å². The fraction of sp³-hybridized carbons (Fsp3) is 0.588. The number of carbonyl (C=O) groups excluding carboxylic acids is 1. The van der Waals surface area contributed by atoms with Crippen LogP contribution in [-0.2, 0) is 9.53 Å². The topological polar surface area (TPSA) is 59.0 Å². The standard InChI is InChI=1S/C17H23Br2NO4/c1-2-23-17(22)12-5-7-20(8-6-12)10-14(21)11-24-16-4-3-13(18)9-15(16)19/h3-4,9,12,14,21H,2,5-8,10-11H2,1H3/t14-/m1/s1. The number of hydrogen-bond acceptors (Lipinski definition) is 5. The average molecular weight is 465 g/mol. The Kier molecular flexibility index (Phi) is 8.00. The number of nitrogens with zero attached hydrogens (tertiary/aromatic N) is 1. The number of piperidine rings is 1. The number of esters is 1. The van der Waals surface area contributed by atoms with Crippen molar-refractivity contribution in [2.45, 2.75) is 25.9 Å². The molecule has 0 spiro atoms. The van der Waals surface area contributed by atoms with Crippen molar-refractivity contribution in [3.8, 4) is 5.75 Å². The van der Waals surface area contributed by atoms with Gasteiger partial charge in [-0.2, -0.15) is 0 Å². The van der Waals surface area contributed by atoms with Crippen LogP contribution in [0.15, 0.2) is 27.1 Å². The second kappa shape index (κ2) is 9.75. The van der Waals surface area contributed by atoms with Crippen LogP contribution in [0.4, 0.5) is 0 Å². The number of benzene rings is 1. The van der Waals surface area contributed by atoms with Gasteiger partial charge in [0.25, 0.3) is 0 Å². The molecule has 0 radical (unpaired) electrons. The summed E-state index contributed by atoms with van der Waals surface area (Å²) in [5, 5.41) is 10.2. The van der Waals surface area contributed by atoms with Gasteiger partial charge in [0.1, 0.15) is 18.5 Å². The first-order valence-electron chi connectivity index (χ1n) is 8.14. The van der Waals surface area contributed by atoms with Gasteiger partial charge < -0.3 is 19.5 Å². The molecule has 7 heteroatoms. The molecular formula is C17H23Br2NO4. The van der Waals surface area contributed by atoms with Crippen molar-refractivity contribution in [3.05, 3.63) is 27.1 Å². The highest BCUT2D eigenvalue weighted by Gasteiger charge is 2.26. The third-order valence-electron chi connectivity index (χ3n) is 4.00. The van der Waals surface area contributed by atoms with Gasteiger partial charge in [-0.1, -0.05) is 15.9 Å². The van der Waals surface area contributed by atoms with Crippen LogP contribution in [0.5, 0.6) is 5.75 Å². The molecular weight excluding hydrogens is 442 g/mol. The summed E-state index contributed by atoms with van der Waals surface area (Å²) < 4.78 is 12.5. The minimum absolute atomic E-state index is 0.00619. The molecule has 134 valence electrons. The molecule has 1 fully saturated rings. The summed E-state index contributed by atoms with van der Waals surface area (Å²) in [6.07, 6.45) is 0.995. The Hall–Kier alpha value is -0.630. The molecule has 1 heterocycles. The minimum atomic E-state index is -0.570. The van der Waals surface area contributed by atoms with E-state index in [0.29, 0.717) is 18.9 Å². The number of β-amino-alcohol motifs (C(OH)–C–C–N with tert-alkyl or cyclic N) is 1. The molecule has 0 aromatic heterocycles. The summed E-state index contributed by atoms with van der Waals surface area (Å²) >= 11 is 6.83. The first-order chi connectivity index (χ1) is 11.5. The van der Waals surface area contributed by atoms with Gasteiger partial charge in [-0.3, -0.25) is 4.79 Å². The Bertz CT molecular complexity index is 547. The first-order valence-corrected chi connectivity index (χ1v) is 9.73. The Morgan fingerprint density at radius 1 is 1.38 bits per heavy atom. The Morgan fingerprint density at radius 2 is 2.08 bits per heavy atom. The number of halogens is 2. The molecule has 1 aromatic rings. The van der Waals surface area contributed by atoms with E-state index in [2.05, 4.69) is 36.8 Å². The van der Waals surface area contributed by atoms with Crippen molar-refractivity contribution in [3.63, 3.8) is 0 Å². The lowest BCUT2D eigenvalue weighted by atomic mass is 9.97. The van der Waals surface area contributed by atoms with Crippen LogP contribution in [-0.4, -0.2) is 54.9 Å². The van der Waals surface area contributed by atoms with Crippen LogP contribution in [0.2, 0.25) is 0 Å². The Balaban J connectivity index is 1.71. The summed E-state index contributed by atoms with van der Waals surface area (Å²) in [5.74, 6) is 0.604. The number of likely N-dealkylation sites (tertiary alicyclic amines) is 1. The lowest BCUT2D eigenvalue weighted by Gasteiger charge is -2.32. The molecule has 24 heavy (non-hydrogen) atoms. The molecule has 0 bridgehead atoms. The lowest BCUT2D eigenvalue weighted by Crippen LogP contribution is -2.42. The van der Waals surface area contributed by atoms with E-state index in [4.69, 9.17) is 9.47 Å². The van der Waals surface area contributed by atoms with Crippen LogP contribution < -0.4 is 4.74 Å². The van der Waals surface area contributed by atoms with Crippen LogP contribution >= 0.6 is 31.9 Å². The van der Waals surface area contributed by atoms with E-state index in [-0.39, 0.29) is 18.5 Å². The number of hydrogen-bond donors (Lipinski definition) is 1. The summed E-state index contributed by atoms with van der Waals surface area (Å²) in [6.45, 7) is 4.63. The van der Waals surface area contributed by atoms with Crippen molar-refractivity contribution in [1.29, 1.82) is 0 Å². The SMILES string of the molecule is CCOC(=O)C1CCN(C[C@@H](O)COc2ccc(Br)cc2Br)CC1. The molecule has 1 atom stereocenters. The zero-order valence-electron chi connectivity index (χ0n) is 13.7. The predicted octanol–water partition coefficient (Wildman–Crippen LogP) is 3.23. The minimum Gasteiger partial charge on any atom is -0.490 e. The molecule has 1 N–H and O–H groups in total. The van der Waals surface area contributed by atoms with E-state index < -0.39 is 6.10 Å². The zero-order valence-corrected chi connectivity index (χ0v) is 16.9. The van der Waals surface area contributed by atoms with Crippen LogP contribution in [0.25, 0.3) is 0 Å². The van der Waals surface area contributed by atoms with Crippen molar-refractivity contribution in [2.75, 3.05) is 32.8 Å². The lowest BCUT2D eigenvalue weighted by molar-refractivity contribution is -0.149. The van der Waals surface area contributed by atoms with Crippen molar-refractivity contribution in [2.24, 2.45) is 5.92 Å². The van der Waals surface area contributed by atoms with Crippen molar-refractivity contribution >= 4 is 37.8 Å². The van der Waals surface area contributed by atoms with E-state index in [9.17, 15) is 9.90 Å². The third kappa shape index (κ3) is 6.02. The second-order valence-electron chi connectivity index (χ2n) is 5.87. The maximum Gasteiger partial charge on any atom is 0.309 e. The fourth-order valence-electron chi connectivity index (χ4n) is 2.74. The molecule has 1 saturated heterocycles. The number of rotatable bonds is 7. The van der Waals surface area contributed by atoms with Gasteiger partial charge >= 0.3 is 5.97 Å². The molecule has 0 saturated carbocycles. The Morgan fingerprint density at radius 3 is 2.71 bits per heavy atom. The molecule has 2 rings (SSSR count). The Labute approximate surface area is 159 Å². The van der Waals surface area contributed by atoms with Gasteiger partial charge in [0.2, 0.25) is 0 Å². The van der Waals surface area contributed by atoms with E-state index >= 15 is 0 Å². The van der Waals surface area contributed by atoms with Gasteiger partial charge in [-0.05, 0) is 67.0 Å². The number of aliphatic hydroxyl groups excluding tert-OH is 1. The second-order valence-corrected chi connectivity index (χ2v) is 7.64. The largest absolute Gasteiger partial charge is 0.490 e. The number of aliphatic hydroxyl groups is 1. The van der Waals surface area contributed by atoms with Crippen LogP contribution in [0, 0.1) is 5.92 Å². The van der Waals surface area contributed by atoms with Crippen LogP contribution in [0.1, 0.15) is 19.8 Å². The zero-order chi connectivity index (χ0) is 17.5. The van der Waals surface area contributed by atoms with Gasteiger partial charge in [0.05, 0.1) is 17.0 Å².